The van der Waals surface area contributed by atoms with Crippen LogP contribution in [-0.4, -0.2) is 27.9 Å². The van der Waals surface area contributed by atoms with Gasteiger partial charge in [-0.25, -0.2) is 4.39 Å². The lowest BCUT2D eigenvalue weighted by molar-refractivity contribution is -0.119. The van der Waals surface area contributed by atoms with Crippen LogP contribution < -0.4 is 10.1 Å². The SMILES string of the molecule is CC(C)NC(=O)CSc1nnc([C@H](C)Oc2ccccc2F)o1. The number of hydrogen-bond donors (Lipinski definition) is 1. The van der Waals surface area contributed by atoms with Crippen molar-refractivity contribution in [2.24, 2.45) is 0 Å². The second-order valence-corrected chi connectivity index (χ2v) is 6.03. The van der Waals surface area contributed by atoms with Crippen molar-refractivity contribution < 1.29 is 18.3 Å². The predicted octanol–water partition coefficient (Wildman–Crippen LogP) is 2.97. The van der Waals surface area contributed by atoms with Crippen molar-refractivity contribution in [1.29, 1.82) is 0 Å². The normalized spacial score (nSPS) is 12.2. The van der Waals surface area contributed by atoms with Gasteiger partial charge in [0.15, 0.2) is 17.7 Å². The third-order valence-electron chi connectivity index (χ3n) is 2.69. The highest BCUT2D eigenvalue weighted by molar-refractivity contribution is 7.99. The molecule has 124 valence electrons. The van der Waals surface area contributed by atoms with Crippen LogP contribution in [0.15, 0.2) is 33.9 Å². The lowest BCUT2D eigenvalue weighted by Crippen LogP contribution is -2.31. The zero-order chi connectivity index (χ0) is 16.8. The van der Waals surface area contributed by atoms with Crippen molar-refractivity contribution in [3.8, 4) is 5.75 Å². The molecule has 1 aromatic carbocycles. The quantitative estimate of drug-likeness (QED) is 0.782. The van der Waals surface area contributed by atoms with E-state index in [-0.39, 0.29) is 34.6 Å². The van der Waals surface area contributed by atoms with E-state index in [1.807, 2.05) is 13.8 Å². The minimum Gasteiger partial charge on any atom is -0.478 e. The Bertz CT molecular complexity index is 663. The molecule has 1 atom stereocenters. The topological polar surface area (TPSA) is 77.2 Å². The van der Waals surface area contributed by atoms with E-state index >= 15 is 0 Å². The predicted molar refractivity (Wildman–Crippen MR) is 83.7 cm³/mol. The Kier molecular flexibility index (Phi) is 5.97. The summed E-state index contributed by atoms with van der Waals surface area (Å²) in [6.45, 7) is 5.45. The fraction of sp³-hybridized carbons (Fsp3) is 0.400. The number of nitrogens with zero attached hydrogens (tertiary/aromatic N) is 2. The Morgan fingerprint density at radius 2 is 2.09 bits per heavy atom. The molecule has 0 saturated carbocycles. The first-order valence-corrected chi connectivity index (χ1v) is 8.11. The Morgan fingerprint density at radius 1 is 1.35 bits per heavy atom. The number of hydrogen-bond acceptors (Lipinski definition) is 6. The summed E-state index contributed by atoms with van der Waals surface area (Å²) in [5, 5.41) is 10.7. The van der Waals surface area contributed by atoms with E-state index in [0.29, 0.717) is 0 Å². The van der Waals surface area contributed by atoms with Crippen molar-refractivity contribution in [2.45, 2.75) is 38.1 Å². The van der Waals surface area contributed by atoms with Gasteiger partial charge in [0.05, 0.1) is 5.75 Å². The first-order chi connectivity index (χ1) is 11.0. The van der Waals surface area contributed by atoms with Gasteiger partial charge in [0, 0.05) is 6.04 Å². The number of thioether (sulfide) groups is 1. The molecule has 6 nitrogen and oxygen atoms in total. The number of carbonyl (C=O) groups excluding carboxylic acids is 1. The summed E-state index contributed by atoms with van der Waals surface area (Å²) in [6.07, 6.45) is -0.599. The molecule has 2 rings (SSSR count). The lowest BCUT2D eigenvalue weighted by Gasteiger charge is -2.11. The zero-order valence-corrected chi connectivity index (χ0v) is 13.9. The molecule has 1 aromatic heterocycles. The largest absolute Gasteiger partial charge is 0.478 e. The highest BCUT2D eigenvalue weighted by Crippen LogP contribution is 2.25. The van der Waals surface area contributed by atoms with E-state index in [2.05, 4.69) is 15.5 Å². The van der Waals surface area contributed by atoms with E-state index in [4.69, 9.17) is 9.15 Å². The van der Waals surface area contributed by atoms with Crippen LogP contribution in [0.2, 0.25) is 0 Å². The monoisotopic (exact) mass is 339 g/mol. The van der Waals surface area contributed by atoms with Gasteiger partial charge in [-0.1, -0.05) is 23.9 Å². The van der Waals surface area contributed by atoms with Crippen LogP contribution in [0.25, 0.3) is 0 Å². The Labute approximate surface area is 137 Å². The van der Waals surface area contributed by atoms with Gasteiger partial charge in [0.2, 0.25) is 5.91 Å². The van der Waals surface area contributed by atoms with Crippen molar-refractivity contribution >= 4 is 17.7 Å². The molecule has 0 unspecified atom stereocenters. The second kappa shape index (κ2) is 7.96. The van der Waals surface area contributed by atoms with Crippen LogP contribution in [0, 0.1) is 5.82 Å². The van der Waals surface area contributed by atoms with Gasteiger partial charge in [-0.3, -0.25) is 4.79 Å². The van der Waals surface area contributed by atoms with Crippen molar-refractivity contribution in [2.75, 3.05) is 5.75 Å². The highest BCUT2D eigenvalue weighted by atomic mass is 32.2. The van der Waals surface area contributed by atoms with Crippen LogP contribution in [0.1, 0.15) is 32.8 Å². The lowest BCUT2D eigenvalue weighted by atomic mass is 10.3. The standard InChI is InChI=1S/C15H18FN3O3S/c1-9(2)17-13(20)8-23-15-19-18-14(22-15)10(3)21-12-7-5-4-6-11(12)16/h4-7,9-10H,8H2,1-3H3,(H,17,20)/t10-/m0/s1. The average Bonchev–Trinajstić information content (AvgIpc) is 2.96. The van der Waals surface area contributed by atoms with Gasteiger partial charge in [-0.05, 0) is 32.9 Å². The number of ether oxygens (including phenoxy) is 1. The zero-order valence-electron chi connectivity index (χ0n) is 13.1. The molecule has 0 aliphatic heterocycles. The first kappa shape index (κ1) is 17.3. The third-order valence-corrected chi connectivity index (χ3v) is 3.51. The van der Waals surface area contributed by atoms with E-state index in [1.165, 1.54) is 12.1 Å². The molecule has 0 aliphatic rings. The summed E-state index contributed by atoms with van der Waals surface area (Å²) in [5.41, 5.74) is 0. The summed E-state index contributed by atoms with van der Waals surface area (Å²) in [4.78, 5) is 11.6. The first-order valence-electron chi connectivity index (χ1n) is 7.12. The fourth-order valence-corrected chi connectivity index (χ4v) is 2.30. The molecule has 0 spiro atoms. The molecule has 8 heteroatoms. The number of halogens is 1. The smallest absolute Gasteiger partial charge is 0.277 e. The molecule has 0 saturated heterocycles. The number of para-hydroxylation sites is 1. The maximum atomic E-state index is 13.5. The molecule has 1 N–H and O–H groups in total. The van der Waals surface area contributed by atoms with Crippen LogP contribution in [0.3, 0.4) is 0 Å². The summed E-state index contributed by atoms with van der Waals surface area (Å²) in [7, 11) is 0. The minimum atomic E-state index is -0.599. The van der Waals surface area contributed by atoms with E-state index in [9.17, 15) is 9.18 Å². The Balaban J connectivity index is 1.91. The molecular formula is C15H18FN3O3S. The number of benzene rings is 1. The molecule has 0 fully saturated rings. The minimum absolute atomic E-state index is 0.0792. The van der Waals surface area contributed by atoms with Crippen LogP contribution in [0.4, 0.5) is 4.39 Å². The van der Waals surface area contributed by atoms with Gasteiger partial charge in [-0.2, -0.15) is 0 Å². The van der Waals surface area contributed by atoms with E-state index < -0.39 is 11.9 Å². The molecule has 0 aliphatic carbocycles. The summed E-state index contributed by atoms with van der Waals surface area (Å²) in [6, 6.07) is 6.17. The number of carbonyl (C=O) groups is 1. The van der Waals surface area contributed by atoms with Crippen LogP contribution in [0.5, 0.6) is 5.75 Å². The summed E-state index contributed by atoms with van der Waals surface area (Å²) in [5.74, 6) is -0.0505. The molecule has 0 bridgehead atoms. The van der Waals surface area contributed by atoms with Crippen LogP contribution >= 0.6 is 11.8 Å². The molecule has 1 heterocycles. The van der Waals surface area contributed by atoms with Crippen molar-refractivity contribution in [3.63, 3.8) is 0 Å². The summed E-state index contributed by atoms with van der Waals surface area (Å²) < 4.78 is 24.4. The second-order valence-electron chi connectivity index (χ2n) is 5.11. The number of amides is 1. The maximum absolute atomic E-state index is 13.5. The molecule has 2 aromatic rings. The Hall–Kier alpha value is -2.09. The fourth-order valence-electron chi connectivity index (χ4n) is 1.72. The number of rotatable bonds is 7. The van der Waals surface area contributed by atoms with E-state index in [0.717, 1.165) is 11.8 Å². The van der Waals surface area contributed by atoms with E-state index in [1.54, 1.807) is 19.1 Å². The number of aromatic nitrogens is 2. The van der Waals surface area contributed by atoms with Gasteiger partial charge in [0.25, 0.3) is 11.1 Å². The third kappa shape index (κ3) is 5.24. The van der Waals surface area contributed by atoms with Gasteiger partial charge in [0.1, 0.15) is 0 Å². The van der Waals surface area contributed by atoms with Crippen LogP contribution in [-0.2, 0) is 4.79 Å². The summed E-state index contributed by atoms with van der Waals surface area (Å²) >= 11 is 1.14. The molecular weight excluding hydrogens is 321 g/mol. The van der Waals surface area contributed by atoms with Gasteiger partial charge < -0.3 is 14.5 Å². The molecule has 0 radical (unpaired) electrons. The van der Waals surface area contributed by atoms with Gasteiger partial charge in [-0.15, -0.1) is 10.2 Å². The molecule has 23 heavy (non-hydrogen) atoms. The van der Waals surface area contributed by atoms with Gasteiger partial charge >= 0.3 is 0 Å². The highest BCUT2D eigenvalue weighted by Gasteiger charge is 2.18. The average molecular weight is 339 g/mol. The van der Waals surface area contributed by atoms with Crippen molar-refractivity contribution in [1.82, 2.24) is 15.5 Å². The van der Waals surface area contributed by atoms with Crippen molar-refractivity contribution in [3.05, 3.63) is 36.0 Å². The molecule has 1 amide bonds. The Morgan fingerprint density at radius 3 is 2.78 bits per heavy atom. The number of nitrogens with one attached hydrogen (secondary N) is 1. The maximum Gasteiger partial charge on any atom is 0.277 e.